The van der Waals surface area contributed by atoms with Gasteiger partial charge in [0.1, 0.15) is 6.10 Å². The Balaban J connectivity index is 4.81. The molecule has 0 aliphatic carbocycles. The van der Waals surface area contributed by atoms with E-state index < -0.39 is 11.9 Å². The average Bonchev–Trinajstić information content (AvgIpc) is 2.43. The van der Waals surface area contributed by atoms with Crippen LogP contribution in [0.5, 0.6) is 0 Å². The summed E-state index contributed by atoms with van der Waals surface area (Å²) in [5.41, 5.74) is 11.7. The van der Waals surface area contributed by atoms with Gasteiger partial charge in [-0.1, -0.05) is 26.7 Å². The van der Waals surface area contributed by atoms with Crippen LogP contribution in [0, 0.1) is 5.92 Å². The molecule has 0 fully saturated rings. The smallest absolute Gasteiger partial charge is 0.332 e. The molecule has 6 nitrogen and oxygen atoms in total. The summed E-state index contributed by atoms with van der Waals surface area (Å²) in [6.07, 6.45) is 5.56. The number of hydrogen-bond acceptors (Lipinski definition) is 6. The molecule has 0 aliphatic heterocycles. The van der Waals surface area contributed by atoms with Gasteiger partial charge in [-0.3, -0.25) is 0 Å². The van der Waals surface area contributed by atoms with Gasteiger partial charge < -0.3 is 20.9 Å². The second kappa shape index (κ2) is 11.6. The number of carbonyl (C=O) groups excluding carboxylic acids is 2. The van der Waals surface area contributed by atoms with E-state index in [1.54, 1.807) is 13.8 Å². The van der Waals surface area contributed by atoms with Crippen molar-refractivity contribution in [2.75, 3.05) is 6.61 Å². The maximum absolute atomic E-state index is 11.8. The molecular weight excluding hydrogens is 296 g/mol. The van der Waals surface area contributed by atoms with Crippen molar-refractivity contribution in [3.63, 3.8) is 0 Å². The third-order valence-corrected chi connectivity index (χ3v) is 3.29. The minimum absolute atomic E-state index is 0.0626. The zero-order chi connectivity index (χ0) is 17.8. The first-order chi connectivity index (χ1) is 10.8. The second-order valence-corrected chi connectivity index (χ2v) is 5.69. The van der Waals surface area contributed by atoms with Crippen molar-refractivity contribution in [1.29, 1.82) is 0 Å². The molecule has 0 aliphatic rings. The molecule has 132 valence electrons. The molecule has 0 rings (SSSR count). The van der Waals surface area contributed by atoms with Crippen molar-refractivity contribution < 1.29 is 19.1 Å². The highest BCUT2D eigenvalue weighted by molar-refractivity contribution is 5.83. The highest BCUT2D eigenvalue weighted by Gasteiger charge is 2.24. The molecule has 2 atom stereocenters. The van der Waals surface area contributed by atoms with E-state index >= 15 is 0 Å². The summed E-state index contributed by atoms with van der Waals surface area (Å²) in [7, 11) is 0. The van der Waals surface area contributed by atoms with Gasteiger partial charge in [0.15, 0.2) is 0 Å². The van der Waals surface area contributed by atoms with Crippen molar-refractivity contribution in [3.8, 4) is 0 Å². The molecule has 0 aromatic rings. The SMILES string of the molecule is CCCCC(OC(=O)C=C(C)N)C(CC)COC(=O)C=C(C)N. The summed E-state index contributed by atoms with van der Waals surface area (Å²) in [5, 5.41) is 0. The van der Waals surface area contributed by atoms with E-state index in [2.05, 4.69) is 6.92 Å². The Bertz CT molecular complexity index is 436. The molecule has 4 N–H and O–H groups in total. The van der Waals surface area contributed by atoms with Crippen LogP contribution in [-0.4, -0.2) is 24.6 Å². The Morgan fingerprint density at radius 2 is 1.61 bits per heavy atom. The normalized spacial score (nSPS) is 15.0. The average molecular weight is 326 g/mol. The van der Waals surface area contributed by atoms with Gasteiger partial charge in [-0.2, -0.15) is 0 Å². The fourth-order valence-corrected chi connectivity index (χ4v) is 2.07. The van der Waals surface area contributed by atoms with Gasteiger partial charge in [-0.25, -0.2) is 9.59 Å². The lowest BCUT2D eigenvalue weighted by Gasteiger charge is -2.25. The predicted molar refractivity (Wildman–Crippen MR) is 90.0 cm³/mol. The van der Waals surface area contributed by atoms with E-state index in [1.165, 1.54) is 12.2 Å². The molecule has 0 saturated carbocycles. The topological polar surface area (TPSA) is 105 Å². The van der Waals surface area contributed by atoms with E-state index in [0.29, 0.717) is 11.4 Å². The van der Waals surface area contributed by atoms with Gasteiger partial charge in [-0.15, -0.1) is 0 Å². The first-order valence-corrected chi connectivity index (χ1v) is 8.05. The van der Waals surface area contributed by atoms with E-state index in [-0.39, 0.29) is 18.6 Å². The van der Waals surface area contributed by atoms with Crippen LogP contribution in [0.15, 0.2) is 23.5 Å². The summed E-state index contributed by atoms with van der Waals surface area (Å²) < 4.78 is 10.7. The summed E-state index contributed by atoms with van der Waals surface area (Å²) in [6.45, 7) is 7.47. The number of allylic oxidation sites excluding steroid dienone is 2. The fourth-order valence-electron chi connectivity index (χ4n) is 2.07. The highest BCUT2D eigenvalue weighted by Crippen LogP contribution is 2.19. The zero-order valence-electron chi connectivity index (χ0n) is 14.6. The molecule has 0 aromatic heterocycles. The lowest BCUT2D eigenvalue weighted by Crippen LogP contribution is -2.30. The Morgan fingerprint density at radius 3 is 2.09 bits per heavy atom. The largest absolute Gasteiger partial charge is 0.462 e. The molecule has 23 heavy (non-hydrogen) atoms. The number of ether oxygens (including phenoxy) is 2. The Kier molecular flexibility index (Phi) is 10.6. The van der Waals surface area contributed by atoms with E-state index in [4.69, 9.17) is 20.9 Å². The lowest BCUT2D eigenvalue weighted by molar-refractivity contribution is -0.150. The number of unbranched alkanes of at least 4 members (excludes halogenated alkanes) is 1. The van der Waals surface area contributed by atoms with Crippen LogP contribution < -0.4 is 11.5 Å². The number of carbonyl (C=O) groups is 2. The van der Waals surface area contributed by atoms with Crippen molar-refractivity contribution in [2.45, 2.75) is 59.5 Å². The summed E-state index contributed by atoms with van der Waals surface area (Å²) >= 11 is 0. The number of nitrogens with two attached hydrogens (primary N) is 2. The molecule has 0 radical (unpaired) electrons. The van der Waals surface area contributed by atoms with Crippen LogP contribution >= 0.6 is 0 Å². The van der Waals surface area contributed by atoms with Crippen LogP contribution in [0.4, 0.5) is 0 Å². The van der Waals surface area contributed by atoms with Gasteiger partial charge in [0.2, 0.25) is 0 Å². The van der Waals surface area contributed by atoms with Crippen molar-refractivity contribution in [2.24, 2.45) is 17.4 Å². The standard InChI is InChI=1S/C17H30N2O4/c1-5-7-8-15(23-17(21)10-13(4)19)14(6-2)11-22-16(20)9-12(3)18/h9-10,14-15H,5-8,11,18-19H2,1-4H3. The van der Waals surface area contributed by atoms with Gasteiger partial charge in [-0.05, 0) is 26.7 Å². The Labute approximate surface area is 138 Å². The summed E-state index contributed by atoms with van der Waals surface area (Å²) in [5.74, 6) is -1.01. The maximum Gasteiger partial charge on any atom is 0.332 e. The Morgan fingerprint density at radius 1 is 1.04 bits per heavy atom. The third-order valence-electron chi connectivity index (χ3n) is 3.29. The van der Waals surface area contributed by atoms with E-state index in [1.807, 2.05) is 6.92 Å². The monoisotopic (exact) mass is 326 g/mol. The zero-order valence-corrected chi connectivity index (χ0v) is 14.6. The molecule has 0 heterocycles. The van der Waals surface area contributed by atoms with Gasteiger partial charge in [0.05, 0.1) is 6.61 Å². The minimum atomic E-state index is -0.485. The maximum atomic E-state index is 11.8. The number of hydrogen-bond donors (Lipinski definition) is 2. The molecule has 0 amide bonds. The molecule has 0 bridgehead atoms. The molecule has 2 unspecified atom stereocenters. The van der Waals surface area contributed by atoms with Crippen molar-refractivity contribution in [3.05, 3.63) is 23.5 Å². The molecular formula is C17H30N2O4. The number of rotatable bonds is 10. The van der Waals surface area contributed by atoms with E-state index in [0.717, 1.165) is 25.7 Å². The highest BCUT2D eigenvalue weighted by atomic mass is 16.6. The minimum Gasteiger partial charge on any atom is -0.462 e. The molecule has 0 spiro atoms. The van der Waals surface area contributed by atoms with Crippen molar-refractivity contribution >= 4 is 11.9 Å². The van der Waals surface area contributed by atoms with Crippen molar-refractivity contribution in [1.82, 2.24) is 0 Å². The van der Waals surface area contributed by atoms with Crippen LogP contribution in [0.25, 0.3) is 0 Å². The fraction of sp³-hybridized carbons (Fsp3) is 0.647. The Hall–Kier alpha value is -1.98. The van der Waals surface area contributed by atoms with E-state index in [9.17, 15) is 9.59 Å². The summed E-state index contributed by atoms with van der Waals surface area (Å²) in [4.78, 5) is 23.4. The molecule has 0 saturated heterocycles. The third kappa shape index (κ3) is 10.4. The van der Waals surface area contributed by atoms with Crippen LogP contribution in [0.1, 0.15) is 53.4 Å². The first kappa shape index (κ1) is 21.0. The second-order valence-electron chi connectivity index (χ2n) is 5.69. The van der Waals surface area contributed by atoms with Gasteiger partial charge >= 0.3 is 11.9 Å². The quantitative estimate of drug-likeness (QED) is 0.472. The predicted octanol–water partition coefficient (Wildman–Crippen LogP) is 2.38. The summed E-state index contributed by atoms with van der Waals surface area (Å²) in [6, 6.07) is 0. The van der Waals surface area contributed by atoms with Crippen LogP contribution in [0.3, 0.4) is 0 Å². The number of esters is 2. The van der Waals surface area contributed by atoms with Crippen LogP contribution in [0.2, 0.25) is 0 Å². The first-order valence-electron chi connectivity index (χ1n) is 8.05. The molecule has 6 heteroatoms. The van der Waals surface area contributed by atoms with Gasteiger partial charge in [0, 0.05) is 29.5 Å². The van der Waals surface area contributed by atoms with Crippen LogP contribution in [-0.2, 0) is 19.1 Å². The van der Waals surface area contributed by atoms with Gasteiger partial charge in [0.25, 0.3) is 0 Å². The lowest BCUT2D eigenvalue weighted by atomic mass is 9.96. The molecule has 0 aromatic carbocycles.